The van der Waals surface area contributed by atoms with E-state index < -0.39 is 0 Å². The van der Waals surface area contributed by atoms with Crippen LogP contribution in [0.4, 0.5) is 0 Å². The fraction of sp³-hybridized carbons (Fsp3) is 0.625. The molecule has 24 heavy (non-hydrogen) atoms. The van der Waals surface area contributed by atoms with Crippen molar-refractivity contribution in [1.29, 1.82) is 0 Å². The summed E-state index contributed by atoms with van der Waals surface area (Å²) in [6.07, 6.45) is 2.16. The Morgan fingerprint density at radius 1 is 0.833 bits per heavy atom. The van der Waals surface area contributed by atoms with Gasteiger partial charge in [0, 0.05) is 32.2 Å². The lowest BCUT2D eigenvalue weighted by Crippen LogP contribution is -2.49. The first kappa shape index (κ1) is 29.0. The molecule has 4 N–H and O–H groups in total. The second-order valence-electron chi connectivity index (χ2n) is 5.55. The van der Waals surface area contributed by atoms with Crippen LogP contribution >= 0.6 is 49.6 Å². The summed E-state index contributed by atoms with van der Waals surface area (Å²) in [6, 6.07) is 11.3. The second kappa shape index (κ2) is 16.7. The molecule has 0 radical (unpaired) electrons. The number of rotatable bonds is 7. The molecule has 0 spiro atoms. The Morgan fingerprint density at radius 3 is 2.00 bits per heavy atom. The van der Waals surface area contributed by atoms with Gasteiger partial charge in [0.05, 0.1) is 0 Å². The number of hydrogen-bond donors (Lipinski definition) is 2. The molecule has 1 fully saturated rings. The quantitative estimate of drug-likeness (QED) is 0.710. The van der Waals surface area contributed by atoms with Gasteiger partial charge in [-0.2, -0.15) is 0 Å². The summed E-state index contributed by atoms with van der Waals surface area (Å²) in [5.41, 5.74) is 12.7. The van der Waals surface area contributed by atoms with Gasteiger partial charge in [-0.05, 0) is 38.0 Å². The first-order valence-electron chi connectivity index (χ1n) is 7.76. The van der Waals surface area contributed by atoms with E-state index in [0.717, 1.165) is 58.7 Å². The standard InChI is InChI=1S/C16H28N4.4ClH/c17-8-4-10-19-12-13-20(11-5-9-18)16(14-19)15-6-2-1-3-7-15;;;;/h1-3,6-7,16H,4-5,8-14,17-18H2;4*1H. The van der Waals surface area contributed by atoms with Gasteiger partial charge in [0.1, 0.15) is 0 Å². The molecule has 1 heterocycles. The van der Waals surface area contributed by atoms with Crippen molar-refractivity contribution in [2.45, 2.75) is 18.9 Å². The van der Waals surface area contributed by atoms with Crippen LogP contribution in [0.5, 0.6) is 0 Å². The van der Waals surface area contributed by atoms with Crippen molar-refractivity contribution >= 4 is 49.6 Å². The molecule has 1 atom stereocenters. The maximum atomic E-state index is 5.67. The molecule has 0 aromatic heterocycles. The van der Waals surface area contributed by atoms with E-state index >= 15 is 0 Å². The number of piperazine rings is 1. The third-order valence-electron chi connectivity index (χ3n) is 4.09. The predicted octanol–water partition coefficient (Wildman–Crippen LogP) is 2.73. The highest BCUT2D eigenvalue weighted by Crippen LogP contribution is 2.25. The topological polar surface area (TPSA) is 58.5 Å². The first-order valence-corrected chi connectivity index (χ1v) is 7.76. The summed E-state index contributed by atoms with van der Waals surface area (Å²) < 4.78 is 0. The molecule has 144 valence electrons. The van der Waals surface area contributed by atoms with Crippen LogP contribution in [0.25, 0.3) is 0 Å². The molecule has 0 amide bonds. The van der Waals surface area contributed by atoms with Crippen molar-refractivity contribution in [3.8, 4) is 0 Å². The third-order valence-corrected chi connectivity index (χ3v) is 4.09. The highest BCUT2D eigenvalue weighted by atomic mass is 35.5. The van der Waals surface area contributed by atoms with Crippen LogP contribution in [0.2, 0.25) is 0 Å². The van der Waals surface area contributed by atoms with Crippen LogP contribution in [-0.2, 0) is 0 Å². The molecule has 1 unspecified atom stereocenters. The highest BCUT2D eigenvalue weighted by molar-refractivity contribution is 5.86. The molecular formula is C16H32Cl4N4. The Hall–Kier alpha value is 0.220. The van der Waals surface area contributed by atoms with Crippen molar-refractivity contribution in [2.75, 3.05) is 45.8 Å². The fourth-order valence-corrected chi connectivity index (χ4v) is 2.95. The van der Waals surface area contributed by atoms with Gasteiger partial charge in [0.25, 0.3) is 0 Å². The summed E-state index contributed by atoms with van der Waals surface area (Å²) in [5, 5.41) is 0. The number of hydrogen-bond acceptors (Lipinski definition) is 4. The van der Waals surface area contributed by atoms with E-state index in [9.17, 15) is 0 Å². The highest BCUT2D eigenvalue weighted by Gasteiger charge is 2.27. The van der Waals surface area contributed by atoms with Crippen LogP contribution in [0, 0.1) is 0 Å². The monoisotopic (exact) mass is 420 g/mol. The Morgan fingerprint density at radius 2 is 1.42 bits per heavy atom. The van der Waals surface area contributed by atoms with Crippen LogP contribution in [0.1, 0.15) is 24.4 Å². The molecule has 0 saturated carbocycles. The van der Waals surface area contributed by atoms with E-state index in [1.54, 1.807) is 0 Å². The minimum Gasteiger partial charge on any atom is -0.330 e. The summed E-state index contributed by atoms with van der Waals surface area (Å²) in [6.45, 7) is 7.15. The largest absolute Gasteiger partial charge is 0.330 e. The zero-order valence-electron chi connectivity index (χ0n) is 14.0. The van der Waals surface area contributed by atoms with E-state index in [1.807, 2.05) is 0 Å². The van der Waals surface area contributed by atoms with Crippen molar-refractivity contribution in [2.24, 2.45) is 11.5 Å². The normalized spacial score (nSPS) is 17.7. The van der Waals surface area contributed by atoms with Gasteiger partial charge in [0.15, 0.2) is 0 Å². The number of halogens is 4. The van der Waals surface area contributed by atoms with Gasteiger partial charge >= 0.3 is 0 Å². The molecule has 1 aromatic carbocycles. The van der Waals surface area contributed by atoms with Crippen molar-refractivity contribution < 1.29 is 0 Å². The van der Waals surface area contributed by atoms with Gasteiger partial charge in [-0.25, -0.2) is 0 Å². The van der Waals surface area contributed by atoms with Crippen molar-refractivity contribution in [3.05, 3.63) is 35.9 Å². The SMILES string of the molecule is Cl.Cl.Cl.Cl.NCCCN1CCN(CCCN)C(c2ccccc2)C1. The molecule has 1 aliphatic rings. The number of nitrogens with two attached hydrogens (primary N) is 2. The lowest BCUT2D eigenvalue weighted by atomic mass is 10.0. The predicted molar refractivity (Wildman–Crippen MR) is 114 cm³/mol. The summed E-state index contributed by atoms with van der Waals surface area (Å²) in [4.78, 5) is 5.13. The molecule has 1 aliphatic heterocycles. The summed E-state index contributed by atoms with van der Waals surface area (Å²) in [7, 11) is 0. The first-order chi connectivity index (χ1) is 9.85. The van der Waals surface area contributed by atoms with E-state index in [-0.39, 0.29) is 49.6 Å². The van der Waals surface area contributed by atoms with Gasteiger partial charge in [-0.3, -0.25) is 4.90 Å². The molecule has 0 bridgehead atoms. The van der Waals surface area contributed by atoms with Crippen molar-refractivity contribution in [3.63, 3.8) is 0 Å². The van der Waals surface area contributed by atoms with Gasteiger partial charge < -0.3 is 16.4 Å². The maximum absolute atomic E-state index is 5.67. The smallest absolute Gasteiger partial charge is 0.0475 e. The Kier molecular flexibility index (Phi) is 20.2. The number of nitrogens with zero attached hydrogens (tertiary/aromatic N) is 2. The van der Waals surface area contributed by atoms with Gasteiger partial charge in [0.2, 0.25) is 0 Å². The van der Waals surface area contributed by atoms with E-state index in [4.69, 9.17) is 11.5 Å². The maximum Gasteiger partial charge on any atom is 0.0475 e. The lowest BCUT2D eigenvalue weighted by molar-refractivity contribution is 0.0732. The average Bonchev–Trinajstić information content (AvgIpc) is 2.52. The molecular weight excluding hydrogens is 390 g/mol. The molecule has 2 rings (SSSR count). The van der Waals surface area contributed by atoms with Gasteiger partial charge in [-0.1, -0.05) is 30.3 Å². The van der Waals surface area contributed by atoms with Crippen LogP contribution in [0.3, 0.4) is 0 Å². The molecule has 8 heteroatoms. The fourth-order valence-electron chi connectivity index (χ4n) is 2.95. The molecule has 4 nitrogen and oxygen atoms in total. The molecule has 1 aromatic rings. The average molecular weight is 422 g/mol. The van der Waals surface area contributed by atoms with Crippen LogP contribution < -0.4 is 11.5 Å². The van der Waals surface area contributed by atoms with E-state index in [2.05, 4.69) is 40.1 Å². The molecule has 0 aliphatic carbocycles. The van der Waals surface area contributed by atoms with Crippen molar-refractivity contribution in [1.82, 2.24) is 9.80 Å². The van der Waals surface area contributed by atoms with Gasteiger partial charge in [-0.15, -0.1) is 49.6 Å². The van der Waals surface area contributed by atoms with E-state index in [0.29, 0.717) is 6.04 Å². The number of benzene rings is 1. The minimum absolute atomic E-state index is 0. The Labute approximate surface area is 171 Å². The minimum atomic E-state index is 0. The zero-order chi connectivity index (χ0) is 14.2. The van der Waals surface area contributed by atoms with Crippen LogP contribution in [-0.4, -0.2) is 55.6 Å². The second-order valence-corrected chi connectivity index (χ2v) is 5.55. The Bertz CT molecular complexity index is 384. The Balaban J connectivity index is -0.00000110. The summed E-state index contributed by atoms with van der Waals surface area (Å²) in [5.74, 6) is 0. The molecule has 1 saturated heterocycles. The van der Waals surface area contributed by atoms with Crippen LogP contribution in [0.15, 0.2) is 30.3 Å². The zero-order valence-corrected chi connectivity index (χ0v) is 17.3. The lowest BCUT2D eigenvalue weighted by Gasteiger charge is -2.42. The van der Waals surface area contributed by atoms with E-state index in [1.165, 1.54) is 5.56 Å². The third kappa shape index (κ3) is 9.07. The summed E-state index contributed by atoms with van der Waals surface area (Å²) >= 11 is 0.